The molecule has 174 valence electrons. The van der Waals surface area contributed by atoms with E-state index in [1.807, 2.05) is 17.0 Å². The molecule has 0 fully saturated rings. The molecule has 0 saturated heterocycles. The van der Waals surface area contributed by atoms with Gasteiger partial charge in [0.05, 0.1) is 5.69 Å². The number of carbonyl (C=O) groups is 2. The summed E-state index contributed by atoms with van der Waals surface area (Å²) in [6, 6.07) is 12.7. The molecular formula is C25H24N4O5. The molecule has 0 radical (unpaired) electrons. The summed E-state index contributed by atoms with van der Waals surface area (Å²) < 4.78 is 12.1. The van der Waals surface area contributed by atoms with Gasteiger partial charge in [0.2, 0.25) is 18.6 Å². The SMILES string of the molecule is CC(=O)c1cc2c(cc1NC(=O)Cn1c(N3CCc4ccccc4C3)nc(C)cc1=O)OCO2. The number of hydrogen-bond acceptors (Lipinski definition) is 7. The monoisotopic (exact) mass is 460 g/mol. The fourth-order valence-corrected chi connectivity index (χ4v) is 4.33. The minimum atomic E-state index is -0.451. The van der Waals surface area contributed by atoms with E-state index in [1.54, 1.807) is 19.1 Å². The van der Waals surface area contributed by atoms with Crippen molar-refractivity contribution >= 4 is 23.3 Å². The third-order valence-corrected chi connectivity index (χ3v) is 6.00. The van der Waals surface area contributed by atoms with Crippen LogP contribution in [0.5, 0.6) is 11.5 Å². The van der Waals surface area contributed by atoms with Crippen LogP contribution in [-0.4, -0.2) is 34.6 Å². The number of nitrogens with zero attached hydrogens (tertiary/aromatic N) is 3. The number of ketones is 1. The van der Waals surface area contributed by atoms with E-state index in [9.17, 15) is 14.4 Å². The predicted octanol–water partition coefficient (Wildman–Crippen LogP) is 2.68. The van der Waals surface area contributed by atoms with Crippen molar-refractivity contribution in [2.45, 2.75) is 33.4 Å². The summed E-state index contributed by atoms with van der Waals surface area (Å²) in [5, 5.41) is 2.76. The van der Waals surface area contributed by atoms with Gasteiger partial charge in [0.25, 0.3) is 5.56 Å². The Morgan fingerprint density at radius 1 is 1.09 bits per heavy atom. The molecule has 0 bridgehead atoms. The number of fused-ring (bicyclic) bond motifs is 2. The van der Waals surface area contributed by atoms with Gasteiger partial charge in [-0.25, -0.2) is 4.98 Å². The van der Waals surface area contributed by atoms with Crippen molar-refractivity contribution in [1.82, 2.24) is 9.55 Å². The maximum Gasteiger partial charge on any atom is 0.255 e. The van der Waals surface area contributed by atoms with Gasteiger partial charge in [-0.1, -0.05) is 24.3 Å². The molecule has 9 nitrogen and oxygen atoms in total. The van der Waals surface area contributed by atoms with Crippen LogP contribution in [-0.2, 0) is 24.3 Å². The van der Waals surface area contributed by atoms with Gasteiger partial charge in [-0.05, 0) is 37.5 Å². The van der Waals surface area contributed by atoms with E-state index in [-0.39, 0.29) is 24.7 Å². The number of anilines is 2. The molecule has 1 amide bonds. The molecule has 0 saturated carbocycles. The summed E-state index contributed by atoms with van der Waals surface area (Å²) in [5.74, 6) is 0.673. The van der Waals surface area contributed by atoms with Crippen LogP contribution in [0, 0.1) is 6.92 Å². The van der Waals surface area contributed by atoms with Crippen LogP contribution in [0.25, 0.3) is 0 Å². The van der Waals surface area contributed by atoms with Crippen molar-refractivity contribution in [2.75, 3.05) is 23.6 Å². The second-order valence-electron chi connectivity index (χ2n) is 8.42. The Balaban J connectivity index is 1.43. The van der Waals surface area contributed by atoms with Gasteiger partial charge in [0.15, 0.2) is 17.3 Å². The molecule has 0 unspecified atom stereocenters. The highest BCUT2D eigenvalue weighted by molar-refractivity contribution is 6.04. The Hall–Kier alpha value is -4.14. The molecule has 9 heteroatoms. The lowest BCUT2D eigenvalue weighted by Gasteiger charge is -2.31. The molecule has 2 aliphatic rings. The lowest BCUT2D eigenvalue weighted by Crippen LogP contribution is -2.38. The number of hydrogen-bond donors (Lipinski definition) is 1. The topological polar surface area (TPSA) is 103 Å². The van der Waals surface area contributed by atoms with Crippen molar-refractivity contribution in [2.24, 2.45) is 0 Å². The summed E-state index contributed by atoms with van der Waals surface area (Å²) in [6.07, 6.45) is 0.825. The van der Waals surface area contributed by atoms with Gasteiger partial charge in [-0.3, -0.25) is 19.0 Å². The molecule has 0 spiro atoms. The normalized spacial score (nSPS) is 14.0. The van der Waals surface area contributed by atoms with Crippen LogP contribution in [0.2, 0.25) is 0 Å². The molecule has 0 atom stereocenters. The van der Waals surface area contributed by atoms with E-state index < -0.39 is 5.91 Å². The van der Waals surface area contributed by atoms with Gasteiger partial charge < -0.3 is 19.7 Å². The van der Waals surface area contributed by atoms with Crippen molar-refractivity contribution in [3.8, 4) is 11.5 Å². The van der Waals surface area contributed by atoms with Crippen LogP contribution in [0.1, 0.15) is 34.1 Å². The van der Waals surface area contributed by atoms with E-state index >= 15 is 0 Å². The first-order chi connectivity index (χ1) is 16.4. The van der Waals surface area contributed by atoms with Gasteiger partial charge in [0.1, 0.15) is 6.54 Å². The number of carbonyl (C=O) groups excluding carboxylic acids is 2. The third-order valence-electron chi connectivity index (χ3n) is 6.00. The number of benzene rings is 2. The van der Waals surface area contributed by atoms with Crippen LogP contribution in [0.3, 0.4) is 0 Å². The van der Waals surface area contributed by atoms with E-state index in [2.05, 4.69) is 22.4 Å². The quantitative estimate of drug-likeness (QED) is 0.584. The Bertz CT molecular complexity index is 1360. The zero-order chi connectivity index (χ0) is 23.8. The third kappa shape index (κ3) is 4.12. The standard InChI is InChI=1S/C25H24N4O5/c1-15-9-24(32)29(25(26-15)28-8-7-17-5-3-4-6-18(17)12-28)13-23(31)27-20-11-22-21(33-14-34-22)10-19(20)16(2)30/h3-6,9-11H,7-8,12-14H2,1-2H3,(H,27,31). The molecule has 2 aliphatic heterocycles. The maximum absolute atomic E-state index is 13.0. The summed E-state index contributed by atoms with van der Waals surface area (Å²) in [7, 11) is 0. The van der Waals surface area contributed by atoms with Crippen LogP contribution < -0.4 is 25.2 Å². The van der Waals surface area contributed by atoms with E-state index in [1.165, 1.54) is 28.7 Å². The summed E-state index contributed by atoms with van der Waals surface area (Å²) >= 11 is 0. The minimum Gasteiger partial charge on any atom is -0.454 e. The molecule has 2 aromatic carbocycles. The Labute approximate surface area is 195 Å². The second kappa shape index (κ2) is 8.66. The number of ether oxygens (including phenoxy) is 2. The molecule has 1 N–H and O–H groups in total. The first-order valence-electron chi connectivity index (χ1n) is 11.0. The zero-order valence-electron chi connectivity index (χ0n) is 19.0. The molecule has 34 heavy (non-hydrogen) atoms. The largest absolute Gasteiger partial charge is 0.454 e. The number of Topliss-reactive ketones (excluding diaryl/α,β-unsaturated/α-hetero) is 1. The highest BCUT2D eigenvalue weighted by atomic mass is 16.7. The maximum atomic E-state index is 13.0. The van der Waals surface area contributed by atoms with Crippen molar-refractivity contribution in [1.29, 1.82) is 0 Å². The smallest absolute Gasteiger partial charge is 0.255 e. The van der Waals surface area contributed by atoms with Crippen molar-refractivity contribution in [3.05, 3.63) is 75.2 Å². The summed E-state index contributed by atoms with van der Waals surface area (Å²) in [4.78, 5) is 44.7. The van der Waals surface area contributed by atoms with Gasteiger partial charge in [-0.15, -0.1) is 0 Å². The highest BCUT2D eigenvalue weighted by Gasteiger charge is 2.24. The minimum absolute atomic E-state index is 0.0524. The van der Waals surface area contributed by atoms with Gasteiger partial charge in [0, 0.05) is 36.5 Å². The van der Waals surface area contributed by atoms with E-state index in [4.69, 9.17) is 9.47 Å². The highest BCUT2D eigenvalue weighted by Crippen LogP contribution is 2.37. The number of rotatable bonds is 5. The average molecular weight is 460 g/mol. The first-order valence-corrected chi connectivity index (χ1v) is 11.0. The first kappa shape index (κ1) is 21.7. The predicted molar refractivity (Wildman–Crippen MR) is 126 cm³/mol. The van der Waals surface area contributed by atoms with Crippen LogP contribution in [0.15, 0.2) is 47.3 Å². The Morgan fingerprint density at radius 2 is 1.82 bits per heavy atom. The lowest BCUT2D eigenvalue weighted by molar-refractivity contribution is -0.116. The fraction of sp³-hybridized carbons (Fsp3) is 0.280. The van der Waals surface area contributed by atoms with Gasteiger partial charge >= 0.3 is 0 Å². The molecular weight excluding hydrogens is 436 g/mol. The van der Waals surface area contributed by atoms with E-state index in [0.29, 0.717) is 47.5 Å². The van der Waals surface area contributed by atoms with Crippen molar-refractivity contribution < 1.29 is 19.1 Å². The molecule has 3 heterocycles. The molecule has 3 aromatic rings. The van der Waals surface area contributed by atoms with E-state index in [0.717, 1.165) is 6.42 Å². The fourth-order valence-electron chi connectivity index (χ4n) is 4.33. The average Bonchev–Trinajstić information content (AvgIpc) is 3.27. The number of aryl methyl sites for hydroxylation is 1. The Kier molecular flexibility index (Phi) is 5.53. The van der Waals surface area contributed by atoms with Crippen LogP contribution in [0.4, 0.5) is 11.6 Å². The number of aromatic nitrogens is 2. The van der Waals surface area contributed by atoms with Gasteiger partial charge in [-0.2, -0.15) is 0 Å². The number of amides is 1. The molecule has 5 rings (SSSR count). The lowest BCUT2D eigenvalue weighted by atomic mass is 10.0. The summed E-state index contributed by atoms with van der Waals surface area (Å²) in [5.41, 5.74) is 3.34. The Morgan fingerprint density at radius 3 is 2.59 bits per heavy atom. The zero-order valence-corrected chi connectivity index (χ0v) is 19.0. The van der Waals surface area contributed by atoms with Crippen molar-refractivity contribution in [3.63, 3.8) is 0 Å². The summed E-state index contributed by atoms with van der Waals surface area (Å²) in [6.45, 7) is 4.27. The number of nitrogens with one attached hydrogen (secondary N) is 1. The molecule has 1 aromatic heterocycles. The molecule has 0 aliphatic carbocycles. The second-order valence-corrected chi connectivity index (χ2v) is 8.42. The van der Waals surface area contributed by atoms with Crippen LogP contribution >= 0.6 is 0 Å².